The van der Waals surface area contributed by atoms with Gasteiger partial charge < -0.3 is 9.84 Å². The number of nitrogens with zero attached hydrogens (tertiary/aromatic N) is 3. The minimum absolute atomic E-state index is 0.0543. The monoisotopic (exact) mass is 267 g/mol. The van der Waals surface area contributed by atoms with Gasteiger partial charge in [0.05, 0.1) is 17.2 Å². The molecule has 1 N–H and O–H groups in total. The first-order valence-corrected chi connectivity index (χ1v) is 5.81. The van der Waals surface area contributed by atoms with Gasteiger partial charge in [0.25, 0.3) is 0 Å². The van der Waals surface area contributed by atoms with E-state index in [2.05, 4.69) is 10.3 Å². The third-order valence-electron chi connectivity index (χ3n) is 2.98. The zero-order chi connectivity index (χ0) is 14.0. The lowest BCUT2D eigenvalue weighted by molar-refractivity contribution is 0.0692. The molecule has 6 nitrogen and oxygen atoms in total. The third-order valence-corrected chi connectivity index (χ3v) is 2.98. The van der Waals surface area contributed by atoms with Crippen LogP contribution >= 0.6 is 0 Å². The Hall–Kier alpha value is -2.02. The zero-order valence-electron chi connectivity index (χ0n) is 10.6. The fourth-order valence-electron chi connectivity index (χ4n) is 1.74. The van der Waals surface area contributed by atoms with Crippen LogP contribution in [0.2, 0.25) is 0 Å². The minimum atomic E-state index is -1.31. The molecule has 2 rings (SSSR count). The number of carbonyl (C=O) groups is 1. The van der Waals surface area contributed by atoms with Crippen LogP contribution in [0.5, 0.6) is 0 Å². The van der Waals surface area contributed by atoms with Gasteiger partial charge in [-0.3, -0.25) is 0 Å². The predicted molar refractivity (Wildman–Crippen MR) is 65.5 cm³/mol. The minimum Gasteiger partial charge on any atom is -0.478 e. The number of carboxylic acids is 1. The molecular formula is C12H14FN3O3. The molecule has 0 radical (unpaired) electrons. The highest BCUT2D eigenvalue weighted by molar-refractivity contribution is 5.92. The molecule has 0 aliphatic rings. The molecule has 0 bridgehead atoms. The molecular weight excluding hydrogens is 253 g/mol. The molecule has 0 aliphatic heterocycles. The molecule has 0 amide bonds. The van der Waals surface area contributed by atoms with Gasteiger partial charge in [-0.25, -0.2) is 13.9 Å². The van der Waals surface area contributed by atoms with E-state index in [1.165, 1.54) is 6.07 Å². The Balaban J connectivity index is 2.35. The first kappa shape index (κ1) is 13.4. The largest absolute Gasteiger partial charge is 0.478 e. The summed E-state index contributed by atoms with van der Waals surface area (Å²) in [7, 11) is 1.61. The van der Waals surface area contributed by atoms with E-state index < -0.39 is 11.8 Å². The smallest absolute Gasteiger partial charge is 0.338 e. The van der Waals surface area contributed by atoms with E-state index >= 15 is 0 Å². The van der Waals surface area contributed by atoms with Crippen molar-refractivity contribution >= 4 is 17.0 Å². The van der Waals surface area contributed by atoms with E-state index in [1.54, 1.807) is 11.8 Å². The molecule has 0 aliphatic carbocycles. The van der Waals surface area contributed by atoms with Gasteiger partial charge in [-0.15, -0.1) is 5.10 Å². The van der Waals surface area contributed by atoms with Crippen molar-refractivity contribution in [3.63, 3.8) is 0 Å². The molecule has 0 spiro atoms. The Morgan fingerprint density at radius 2 is 2.32 bits per heavy atom. The number of ether oxygens (including phenoxy) is 1. The summed E-state index contributed by atoms with van der Waals surface area (Å²) in [5, 5.41) is 16.6. The van der Waals surface area contributed by atoms with Crippen molar-refractivity contribution in [3.05, 3.63) is 23.5 Å². The zero-order valence-corrected chi connectivity index (χ0v) is 10.6. The molecule has 7 heteroatoms. The lowest BCUT2D eigenvalue weighted by atomic mass is 10.2. The van der Waals surface area contributed by atoms with E-state index in [0.717, 1.165) is 6.07 Å². The molecule has 19 heavy (non-hydrogen) atoms. The SMILES string of the molecule is COC(C)CCn1nnc2cc(F)c(C(=O)O)cc21. The van der Waals surface area contributed by atoms with Crippen molar-refractivity contribution in [2.24, 2.45) is 0 Å². The highest BCUT2D eigenvalue weighted by Gasteiger charge is 2.15. The van der Waals surface area contributed by atoms with Crippen LogP contribution in [-0.2, 0) is 11.3 Å². The Kier molecular flexibility index (Phi) is 3.75. The van der Waals surface area contributed by atoms with Crippen molar-refractivity contribution < 1.29 is 19.0 Å². The van der Waals surface area contributed by atoms with Crippen molar-refractivity contribution in [1.29, 1.82) is 0 Å². The number of hydrogen-bond acceptors (Lipinski definition) is 4. The van der Waals surface area contributed by atoms with Crippen LogP contribution in [0.4, 0.5) is 4.39 Å². The number of aromatic carboxylic acids is 1. The Morgan fingerprint density at radius 3 is 2.95 bits per heavy atom. The summed E-state index contributed by atoms with van der Waals surface area (Å²) in [6.07, 6.45) is 0.757. The van der Waals surface area contributed by atoms with Crippen LogP contribution in [0.1, 0.15) is 23.7 Å². The fourth-order valence-corrected chi connectivity index (χ4v) is 1.74. The summed E-state index contributed by atoms with van der Waals surface area (Å²) in [5.41, 5.74) is 0.463. The molecule has 0 saturated heterocycles. The number of hydrogen-bond donors (Lipinski definition) is 1. The van der Waals surface area contributed by atoms with Crippen molar-refractivity contribution in [2.75, 3.05) is 7.11 Å². The first-order chi connectivity index (χ1) is 9.02. The number of aryl methyl sites for hydroxylation is 1. The van der Waals surface area contributed by atoms with E-state index in [0.29, 0.717) is 24.0 Å². The average Bonchev–Trinajstić information content (AvgIpc) is 2.76. The predicted octanol–water partition coefficient (Wildman–Crippen LogP) is 1.69. The highest BCUT2D eigenvalue weighted by Crippen LogP contribution is 2.18. The van der Waals surface area contributed by atoms with E-state index in [-0.39, 0.29) is 11.7 Å². The van der Waals surface area contributed by atoms with Gasteiger partial charge in [0.1, 0.15) is 11.3 Å². The number of benzene rings is 1. The van der Waals surface area contributed by atoms with Gasteiger partial charge in [-0.2, -0.15) is 0 Å². The van der Waals surface area contributed by atoms with Gasteiger partial charge in [0, 0.05) is 19.7 Å². The number of methoxy groups -OCH3 is 1. The van der Waals surface area contributed by atoms with Crippen molar-refractivity contribution in [3.8, 4) is 0 Å². The molecule has 1 aromatic carbocycles. The van der Waals surface area contributed by atoms with Crippen LogP contribution in [0.25, 0.3) is 11.0 Å². The first-order valence-electron chi connectivity index (χ1n) is 5.81. The second-order valence-electron chi connectivity index (χ2n) is 4.27. The number of carboxylic acid groups (broad SMARTS) is 1. The summed E-state index contributed by atoms with van der Waals surface area (Å²) in [4.78, 5) is 10.9. The molecule has 1 unspecified atom stereocenters. The van der Waals surface area contributed by atoms with Gasteiger partial charge in [0.15, 0.2) is 0 Å². The van der Waals surface area contributed by atoms with Gasteiger partial charge in [-0.05, 0) is 19.4 Å². The molecule has 1 heterocycles. The third kappa shape index (κ3) is 2.70. The number of aromatic nitrogens is 3. The molecule has 1 atom stereocenters. The molecule has 102 valence electrons. The second kappa shape index (κ2) is 5.31. The van der Waals surface area contributed by atoms with E-state index in [9.17, 15) is 9.18 Å². The topological polar surface area (TPSA) is 77.2 Å². The van der Waals surface area contributed by atoms with E-state index in [1.807, 2.05) is 6.92 Å². The Morgan fingerprint density at radius 1 is 1.58 bits per heavy atom. The summed E-state index contributed by atoms with van der Waals surface area (Å²) in [6, 6.07) is 2.34. The maximum absolute atomic E-state index is 13.5. The molecule has 0 saturated carbocycles. The number of rotatable bonds is 5. The highest BCUT2D eigenvalue weighted by atomic mass is 19.1. The summed E-state index contributed by atoms with van der Waals surface area (Å²) in [6.45, 7) is 2.44. The van der Waals surface area contributed by atoms with E-state index in [4.69, 9.17) is 9.84 Å². The fraction of sp³-hybridized carbons (Fsp3) is 0.417. The molecule has 0 fully saturated rings. The van der Waals surface area contributed by atoms with Crippen molar-refractivity contribution in [2.45, 2.75) is 26.0 Å². The van der Waals surface area contributed by atoms with Gasteiger partial charge >= 0.3 is 5.97 Å². The quantitative estimate of drug-likeness (QED) is 0.892. The summed E-state index contributed by atoms with van der Waals surface area (Å²) in [5.74, 6) is -2.12. The standard InChI is InChI=1S/C12H14FN3O3/c1-7(19-2)3-4-16-11-5-8(12(17)18)9(13)6-10(11)14-15-16/h5-7H,3-4H2,1-2H3,(H,17,18). The van der Waals surface area contributed by atoms with Gasteiger partial charge in [-0.1, -0.05) is 5.21 Å². The second-order valence-corrected chi connectivity index (χ2v) is 4.27. The maximum atomic E-state index is 13.5. The van der Waals surface area contributed by atoms with Crippen LogP contribution in [0.3, 0.4) is 0 Å². The number of fused-ring (bicyclic) bond motifs is 1. The van der Waals surface area contributed by atoms with Crippen molar-refractivity contribution in [1.82, 2.24) is 15.0 Å². The van der Waals surface area contributed by atoms with Crippen LogP contribution in [0.15, 0.2) is 12.1 Å². The van der Waals surface area contributed by atoms with Crippen LogP contribution in [-0.4, -0.2) is 39.3 Å². The van der Waals surface area contributed by atoms with Gasteiger partial charge in [0.2, 0.25) is 0 Å². The molecule has 1 aromatic heterocycles. The lowest BCUT2D eigenvalue weighted by Crippen LogP contribution is -2.11. The Bertz CT molecular complexity index is 612. The van der Waals surface area contributed by atoms with Crippen LogP contribution < -0.4 is 0 Å². The normalized spacial score (nSPS) is 12.8. The maximum Gasteiger partial charge on any atom is 0.338 e. The lowest BCUT2D eigenvalue weighted by Gasteiger charge is -2.09. The molecule has 2 aromatic rings. The number of halogens is 1. The summed E-state index contributed by atoms with van der Waals surface area (Å²) >= 11 is 0. The average molecular weight is 267 g/mol. The Labute approximate surface area is 108 Å². The summed E-state index contributed by atoms with van der Waals surface area (Å²) < 4.78 is 20.1. The van der Waals surface area contributed by atoms with Crippen LogP contribution in [0, 0.1) is 5.82 Å².